The number of aryl methyl sites for hydroxylation is 2. The molecule has 1 heterocycles. The van der Waals surface area contributed by atoms with Gasteiger partial charge in [-0.15, -0.1) is 0 Å². The van der Waals surface area contributed by atoms with E-state index < -0.39 is 15.5 Å². The first-order valence-electron chi connectivity index (χ1n) is 7.46. The summed E-state index contributed by atoms with van der Waals surface area (Å²) in [5, 5.41) is -1.06. The molecule has 23 heavy (non-hydrogen) atoms. The fourth-order valence-electron chi connectivity index (χ4n) is 3.06. The molecule has 0 aromatic heterocycles. The SMILES string of the molecule is CCC(N1c2ccccc2Oc2c(C)cc(C)cc21)S(=O)(=O)O. The van der Waals surface area contributed by atoms with Gasteiger partial charge in [0, 0.05) is 0 Å². The minimum absolute atomic E-state index is 0.250. The molecule has 0 saturated heterocycles. The summed E-state index contributed by atoms with van der Waals surface area (Å²) in [6.45, 7) is 5.60. The quantitative estimate of drug-likeness (QED) is 0.854. The van der Waals surface area contributed by atoms with Crippen molar-refractivity contribution in [2.24, 2.45) is 0 Å². The number of anilines is 2. The van der Waals surface area contributed by atoms with E-state index in [1.807, 2.05) is 38.1 Å². The molecule has 2 aromatic carbocycles. The number of hydrogen-bond acceptors (Lipinski definition) is 4. The lowest BCUT2D eigenvalue weighted by Crippen LogP contribution is -2.38. The Morgan fingerprint density at radius 2 is 1.87 bits per heavy atom. The van der Waals surface area contributed by atoms with Crippen molar-refractivity contribution in [3.8, 4) is 11.5 Å². The molecule has 1 unspecified atom stereocenters. The third kappa shape index (κ3) is 2.68. The molecule has 2 aromatic rings. The average Bonchev–Trinajstić information content (AvgIpc) is 2.47. The number of hydrogen-bond donors (Lipinski definition) is 1. The zero-order valence-corrected chi connectivity index (χ0v) is 14.1. The summed E-state index contributed by atoms with van der Waals surface area (Å²) in [4.78, 5) is 1.66. The van der Waals surface area contributed by atoms with Gasteiger partial charge in [0.2, 0.25) is 0 Å². The van der Waals surface area contributed by atoms with Crippen molar-refractivity contribution in [2.45, 2.75) is 32.6 Å². The monoisotopic (exact) mass is 333 g/mol. The topological polar surface area (TPSA) is 66.8 Å². The van der Waals surface area contributed by atoms with Crippen LogP contribution in [-0.2, 0) is 10.1 Å². The van der Waals surface area contributed by atoms with Gasteiger partial charge in [-0.3, -0.25) is 4.55 Å². The molecular weight excluding hydrogens is 314 g/mol. The molecule has 0 radical (unpaired) electrons. The molecule has 1 aliphatic rings. The maximum Gasteiger partial charge on any atom is 0.286 e. The Morgan fingerprint density at radius 3 is 2.52 bits per heavy atom. The second kappa shape index (κ2) is 5.54. The van der Waals surface area contributed by atoms with Gasteiger partial charge in [-0.25, -0.2) is 0 Å². The molecule has 0 bridgehead atoms. The number of nitrogens with zero attached hydrogens (tertiary/aromatic N) is 1. The predicted octanol–water partition coefficient (Wildman–Crippen LogP) is 4.17. The Hall–Kier alpha value is -2.05. The van der Waals surface area contributed by atoms with Gasteiger partial charge in [-0.05, 0) is 49.6 Å². The summed E-state index contributed by atoms with van der Waals surface area (Å²) >= 11 is 0. The molecule has 1 atom stereocenters. The minimum atomic E-state index is -4.26. The van der Waals surface area contributed by atoms with E-state index in [0.717, 1.165) is 11.1 Å². The van der Waals surface area contributed by atoms with Crippen LogP contribution in [0.3, 0.4) is 0 Å². The van der Waals surface area contributed by atoms with E-state index in [-0.39, 0.29) is 6.42 Å². The van der Waals surface area contributed by atoms with Crippen LogP contribution in [0.2, 0.25) is 0 Å². The summed E-state index contributed by atoms with van der Waals surface area (Å²) in [6, 6.07) is 11.1. The van der Waals surface area contributed by atoms with Crippen LogP contribution in [-0.4, -0.2) is 18.3 Å². The standard InChI is InChI=1S/C17H19NO4S/c1-4-16(23(19,20)21)18-13-7-5-6-8-15(13)22-17-12(3)9-11(2)10-14(17)18/h5-10,16H,4H2,1-3H3,(H,19,20,21). The molecular formula is C17H19NO4S. The Morgan fingerprint density at radius 1 is 1.17 bits per heavy atom. The van der Waals surface area contributed by atoms with Gasteiger partial charge >= 0.3 is 0 Å². The highest BCUT2D eigenvalue weighted by Gasteiger charge is 2.36. The lowest BCUT2D eigenvalue weighted by molar-refractivity contribution is 0.450. The highest BCUT2D eigenvalue weighted by molar-refractivity contribution is 7.86. The van der Waals surface area contributed by atoms with Gasteiger partial charge in [0.25, 0.3) is 10.1 Å². The van der Waals surface area contributed by atoms with Crippen molar-refractivity contribution in [2.75, 3.05) is 4.90 Å². The van der Waals surface area contributed by atoms with Gasteiger partial charge in [0.05, 0.1) is 11.4 Å². The first-order valence-corrected chi connectivity index (χ1v) is 8.97. The molecule has 0 spiro atoms. The van der Waals surface area contributed by atoms with Crippen molar-refractivity contribution in [1.82, 2.24) is 0 Å². The lowest BCUT2D eigenvalue weighted by atomic mass is 10.1. The van der Waals surface area contributed by atoms with Crippen LogP contribution in [0.1, 0.15) is 24.5 Å². The highest BCUT2D eigenvalue weighted by Crippen LogP contribution is 2.50. The second-order valence-electron chi connectivity index (χ2n) is 5.75. The van der Waals surface area contributed by atoms with Gasteiger partial charge < -0.3 is 9.64 Å². The van der Waals surface area contributed by atoms with Crippen molar-refractivity contribution in [3.05, 3.63) is 47.5 Å². The summed E-state index contributed by atoms with van der Waals surface area (Å²) in [5.74, 6) is 1.20. The van der Waals surface area contributed by atoms with Crippen molar-refractivity contribution in [3.63, 3.8) is 0 Å². The Labute approximate surface area is 136 Å². The lowest BCUT2D eigenvalue weighted by Gasteiger charge is -2.37. The van der Waals surface area contributed by atoms with Gasteiger partial charge in [-0.1, -0.05) is 25.1 Å². The maximum atomic E-state index is 11.9. The van der Waals surface area contributed by atoms with Gasteiger partial charge in [0.15, 0.2) is 16.9 Å². The number of ether oxygens (including phenoxy) is 1. The van der Waals surface area contributed by atoms with Crippen LogP contribution in [0.15, 0.2) is 36.4 Å². The number of benzene rings is 2. The highest BCUT2D eigenvalue weighted by atomic mass is 32.2. The number of rotatable bonds is 3. The molecule has 0 fully saturated rings. The number of para-hydroxylation sites is 2. The van der Waals surface area contributed by atoms with Crippen molar-refractivity contribution < 1.29 is 17.7 Å². The first kappa shape index (κ1) is 15.8. The molecule has 0 saturated carbocycles. The van der Waals surface area contributed by atoms with Crippen LogP contribution >= 0.6 is 0 Å². The van der Waals surface area contributed by atoms with E-state index in [9.17, 15) is 13.0 Å². The molecule has 5 nitrogen and oxygen atoms in total. The first-order chi connectivity index (χ1) is 10.8. The van der Waals surface area contributed by atoms with Gasteiger partial charge in [0.1, 0.15) is 0 Å². The fourth-order valence-corrected chi connectivity index (χ4v) is 3.98. The van der Waals surface area contributed by atoms with Crippen molar-refractivity contribution >= 4 is 21.5 Å². The largest absolute Gasteiger partial charge is 0.453 e. The summed E-state index contributed by atoms with van der Waals surface area (Å²) in [5.41, 5.74) is 3.21. The Kier molecular flexibility index (Phi) is 3.82. The third-order valence-electron chi connectivity index (χ3n) is 3.98. The van der Waals surface area contributed by atoms with E-state index in [4.69, 9.17) is 4.74 Å². The smallest absolute Gasteiger partial charge is 0.286 e. The van der Waals surface area contributed by atoms with E-state index in [1.54, 1.807) is 24.0 Å². The Balaban J connectivity index is 2.30. The third-order valence-corrected chi connectivity index (χ3v) is 5.21. The van der Waals surface area contributed by atoms with Crippen LogP contribution in [0.25, 0.3) is 0 Å². The molecule has 0 aliphatic carbocycles. The van der Waals surface area contributed by atoms with Crippen LogP contribution < -0.4 is 9.64 Å². The van der Waals surface area contributed by atoms with Gasteiger partial charge in [-0.2, -0.15) is 8.42 Å². The van der Waals surface area contributed by atoms with E-state index in [1.165, 1.54) is 0 Å². The Bertz CT molecular complexity index is 861. The van der Waals surface area contributed by atoms with Crippen LogP contribution in [0.4, 0.5) is 11.4 Å². The van der Waals surface area contributed by atoms with E-state index in [2.05, 4.69) is 0 Å². The summed E-state index contributed by atoms with van der Waals surface area (Å²) in [7, 11) is -4.26. The molecule has 1 aliphatic heterocycles. The fraction of sp³-hybridized carbons (Fsp3) is 0.294. The summed E-state index contributed by atoms with van der Waals surface area (Å²) in [6.07, 6.45) is 0.250. The molecule has 0 amide bonds. The predicted molar refractivity (Wildman–Crippen MR) is 90.2 cm³/mol. The minimum Gasteiger partial charge on any atom is -0.453 e. The molecule has 6 heteroatoms. The van der Waals surface area contributed by atoms with Crippen LogP contribution in [0, 0.1) is 13.8 Å². The molecule has 122 valence electrons. The number of fused-ring (bicyclic) bond motifs is 2. The second-order valence-corrected chi connectivity index (χ2v) is 7.32. The average molecular weight is 333 g/mol. The maximum absolute atomic E-state index is 11.9. The zero-order chi connectivity index (χ0) is 16.8. The zero-order valence-electron chi connectivity index (χ0n) is 13.3. The summed E-state index contributed by atoms with van der Waals surface area (Å²) < 4.78 is 39.5. The van der Waals surface area contributed by atoms with E-state index in [0.29, 0.717) is 22.9 Å². The van der Waals surface area contributed by atoms with E-state index >= 15 is 0 Å². The van der Waals surface area contributed by atoms with Crippen LogP contribution in [0.5, 0.6) is 11.5 Å². The molecule has 1 N–H and O–H groups in total. The normalized spacial score (nSPS) is 14.7. The van der Waals surface area contributed by atoms with Crippen molar-refractivity contribution in [1.29, 1.82) is 0 Å². The molecule has 3 rings (SSSR count).